The van der Waals surface area contributed by atoms with Crippen LogP contribution < -0.4 is 0 Å². The molecule has 4 aromatic carbocycles. The highest BCUT2D eigenvalue weighted by Gasteiger charge is 2.32. The van der Waals surface area contributed by atoms with Crippen LogP contribution >= 0.6 is 84.4 Å². The molecule has 0 radical (unpaired) electrons. The van der Waals surface area contributed by atoms with Crippen LogP contribution in [-0.2, 0) is 50.4 Å². The summed E-state index contributed by atoms with van der Waals surface area (Å²) in [6.45, 7) is 0. The summed E-state index contributed by atoms with van der Waals surface area (Å²) in [5.41, 5.74) is 6.21. The second kappa shape index (κ2) is 20.5. The van der Waals surface area contributed by atoms with Crippen molar-refractivity contribution >= 4 is 84.4 Å². The predicted octanol–water partition coefficient (Wildman–Crippen LogP) is 12.3. The molecule has 8 bridgehead atoms. The van der Waals surface area contributed by atoms with Gasteiger partial charge in [0.05, 0.1) is 0 Å². The van der Waals surface area contributed by atoms with Gasteiger partial charge in [-0.3, -0.25) is 0 Å². The molecule has 8 aliphatic rings. The third-order valence-electron chi connectivity index (χ3n) is 7.06. The minimum Gasteiger partial charge on any atom is -0.201 e. The molecule has 43 heavy (non-hydrogen) atoms. The van der Waals surface area contributed by atoms with E-state index in [2.05, 4.69) is 60.4 Å². The van der Waals surface area contributed by atoms with Crippen LogP contribution in [0, 0.1) is 0 Å². The average Bonchev–Trinajstić information content (AvgIpc) is 3.02. The minimum absolute atomic E-state index is 0. The molecule has 4 aromatic rings. The monoisotopic (exact) mass is 970 g/mol. The third kappa shape index (κ3) is 12.6. The zero-order valence-corrected chi connectivity index (χ0v) is 32.1. The molecule has 0 spiro atoms. The van der Waals surface area contributed by atoms with Crippen molar-refractivity contribution in [3.63, 3.8) is 0 Å². The summed E-state index contributed by atoms with van der Waals surface area (Å²) in [4.78, 5) is 0. The number of benzene rings is 4. The van der Waals surface area contributed by atoms with Gasteiger partial charge in [0.2, 0.25) is 0 Å². The highest BCUT2D eigenvalue weighted by Crippen LogP contribution is 2.34. The van der Waals surface area contributed by atoms with Crippen molar-refractivity contribution in [2.45, 2.75) is 50.4 Å². The quantitative estimate of drug-likeness (QED) is 0.0936. The van der Waals surface area contributed by atoms with Crippen LogP contribution in [-0.4, -0.2) is 12.8 Å². The van der Waals surface area contributed by atoms with Crippen LogP contribution in [0.15, 0.2) is 97.1 Å². The van der Waals surface area contributed by atoms with Crippen molar-refractivity contribution in [1.82, 2.24) is 0 Å². The molecule has 234 valence electrons. The van der Waals surface area contributed by atoms with Crippen molar-refractivity contribution in [3.05, 3.63) is 142 Å². The topological polar surface area (TPSA) is 0 Å². The summed E-state index contributed by atoms with van der Waals surface area (Å²) in [5.74, 6) is -5.58. The Labute approximate surface area is 303 Å². The van der Waals surface area contributed by atoms with Gasteiger partial charge < -0.3 is 0 Å². The van der Waals surface area contributed by atoms with Crippen LogP contribution in [0.5, 0.6) is 0 Å². The smallest absolute Gasteiger partial charge is 0.201 e. The maximum absolute atomic E-state index is 14.1. The largest absolute Gasteiger partial charge is 0.277 e. The van der Waals surface area contributed by atoms with E-state index < -0.39 is 11.8 Å². The Bertz CT molecular complexity index is 1210. The highest BCUT2D eigenvalue weighted by atomic mass is 128. The maximum Gasteiger partial charge on any atom is 0.277 e. The molecular formula is C34H35Cl2F4I3. The molecule has 0 aromatic heterocycles. The van der Waals surface area contributed by atoms with Gasteiger partial charge in [-0.2, -0.15) is 0 Å². The fourth-order valence-electron chi connectivity index (χ4n) is 4.77. The van der Waals surface area contributed by atoms with Gasteiger partial charge in [0.15, 0.2) is 0 Å². The van der Waals surface area contributed by atoms with E-state index in [1.807, 2.05) is 72.8 Å². The number of hydrogen-bond donors (Lipinski definition) is 0. The molecule has 0 amide bonds. The summed E-state index contributed by atoms with van der Waals surface area (Å²) in [7, 11) is 0. The Morgan fingerprint density at radius 3 is 0.837 bits per heavy atom. The van der Waals surface area contributed by atoms with Gasteiger partial charge >= 0.3 is 0 Å². The Hall–Kier alpha value is -0.630. The maximum atomic E-state index is 14.1. The molecule has 12 rings (SSSR count). The van der Waals surface area contributed by atoms with Crippen molar-refractivity contribution < 1.29 is 17.6 Å². The van der Waals surface area contributed by atoms with Crippen molar-refractivity contribution in [3.8, 4) is 0 Å². The van der Waals surface area contributed by atoms with E-state index in [9.17, 15) is 17.6 Å². The molecule has 0 unspecified atom stereocenters. The van der Waals surface area contributed by atoms with E-state index in [-0.39, 0.29) is 47.9 Å². The lowest BCUT2D eigenvalue weighted by Gasteiger charge is -2.18. The van der Waals surface area contributed by atoms with Crippen LogP contribution in [0.2, 0.25) is 0 Å². The van der Waals surface area contributed by atoms with Gasteiger partial charge in [-0.05, 0) is 59.1 Å². The number of hydrogen-bond acceptors (Lipinski definition) is 0. The second-order valence-corrected chi connectivity index (χ2v) is 9.79. The Morgan fingerprint density at radius 2 is 0.605 bits per heavy atom. The summed E-state index contributed by atoms with van der Waals surface area (Å²) in [6, 6.07) is 28.6. The fraction of sp³-hybridized carbons (Fsp3) is 0.294. The van der Waals surface area contributed by atoms with Gasteiger partial charge in [0, 0.05) is 74.0 Å². The van der Waals surface area contributed by atoms with Crippen LogP contribution in [0.3, 0.4) is 0 Å². The highest BCUT2D eigenvalue weighted by molar-refractivity contribution is 15.0. The number of alkyl halides is 6. The van der Waals surface area contributed by atoms with E-state index >= 15 is 0 Å². The predicted molar refractivity (Wildman–Crippen MR) is 203 cm³/mol. The van der Waals surface area contributed by atoms with Crippen LogP contribution in [0.1, 0.15) is 44.5 Å². The lowest BCUT2D eigenvalue weighted by atomic mass is 9.95. The van der Waals surface area contributed by atoms with Crippen molar-refractivity contribution in [2.24, 2.45) is 0 Å². The van der Waals surface area contributed by atoms with Gasteiger partial charge in [-0.25, -0.2) is 17.6 Å². The lowest BCUT2D eigenvalue weighted by molar-refractivity contribution is -0.00446. The van der Waals surface area contributed by atoms with Crippen molar-refractivity contribution in [1.29, 1.82) is 0 Å². The van der Waals surface area contributed by atoms with Crippen LogP contribution in [0.4, 0.5) is 17.6 Å². The zero-order valence-electron chi connectivity index (χ0n) is 23.9. The summed E-state index contributed by atoms with van der Waals surface area (Å²) < 4.78 is 56.4. The Balaban J connectivity index is 0.000000360. The summed E-state index contributed by atoms with van der Waals surface area (Å²) in [5, 5.41) is 0. The molecule has 0 saturated heterocycles. The van der Waals surface area contributed by atoms with Gasteiger partial charge in [-0.15, -0.1) is 47.2 Å². The molecule has 0 fully saturated rings. The first-order valence-electron chi connectivity index (χ1n) is 13.3. The first-order valence-corrected chi connectivity index (χ1v) is 21.1. The molecule has 0 heterocycles. The fourth-order valence-corrected chi connectivity index (χ4v) is 4.77. The molecule has 0 saturated carbocycles. The normalized spacial score (nSPS) is 14.8. The molecule has 8 aliphatic carbocycles. The Morgan fingerprint density at radius 1 is 0.419 bits per heavy atom. The standard InChI is InChI=1S/2C16H14F2.2CH3Cl.I2.HI/c2*17-16(18)11-14-5-3-12(4-6-14)1-2-13-7-9-15(16)10-8-13;3*1-2;/h2*3-10H,1-2,11H2;2*1H3;;1H. The van der Waals surface area contributed by atoms with E-state index in [0.29, 0.717) is 11.1 Å². The number of aryl methyl sites for hydroxylation is 4. The molecule has 0 N–H and O–H groups in total. The molecule has 0 atom stereocenters. The van der Waals surface area contributed by atoms with Gasteiger partial charge in [0.25, 0.3) is 11.8 Å². The summed E-state index contributed by atoms with van der Waals surface area (Å²) >= 11 is 13.5. The molecule has 0 aliphatic heterocycles. The molecule has 0 nitrogen and oxygen atoms in total. The van der Waals surface area contributed by atoms with E-state index in [0.717, 1.165) is 36.8 Å². The molecular weight excluding hydrogens is 936 g/mol. The van der Waals surface area contributed by atoms with Gasteiger partial charge in [-0.1, -0.05) is 97.1 Å². The number of rotatable bonds is 0. The number of halogens is 9. The minimum atomic E-state index is -2.79. The summed E-state index contributed by atoms with van der Waals surface area (Å²) in [6.07, 6.45) is 6.18. The first-order chi connectivity index (χ1) is 20.3. The van der Waals surface area contributed by atoms with Crippen molar-refractivity contribution in [2.75, 3.05) is 12.8 Å². The Kier molecular flexibility index (Phi) is 19.2. The van der Waals surface area contributed by atoms with Crippen LogP contribution in [0.25, 0.3) is 0 Å². The average molecular weight is 971 g/mol. The molecule has 9 heteroatoms. The van der Waals surface area contributed by atoms with Gasteiger partial charge in [0.1, 0.15) is 0 Å². The third-order valence-corrected chi connectivity index (χ3v) is 7.06. The van der Waals surface area contributed by atoms with E-state index in [1.54, 1.807) is 24.3 Å². The SMILES string of the molecule is CCl.CCl.FC1(F)Cc2ccc(cc2)CCc2ccc1cc2.FC1(F)Cc2ccc(cc2)CCc2ccc1cc2.I.II. The van der Waals surface area contributed by atoms with E-state index in [4.69, 9.17) is 0 Å². The van der Waals surface area contributed by atoms with E-state index in [1.165, 1.54) is 23.9 Å². The lowest BCUT2D eigenvalue weighted by Crippen LogP contribution is -2.17. The zero-order chi connectivity index (χ0) is 31.2. The second-order valence-electron chi connectivity index (χ2n) is 9.79. The first kappa shape index (κ1) is 40.4.